The minimum absolute atomic E-state index is 0.141. The first-order chi connectivity index (χ1) is 17.1. The van der Waals surface area contributed by atoms with Crippen molar-refractivity contribution in [1.82, 2.24) is 10.2 Å². The maximum absolute atomic E-state index is 13.9. The number of morpholine rings is 1. The van der Waals surface area contributed by atoms with E-state index in [9.17, 15) is 4.79 Å². The van der Waals surface area contributed by atoms with Crippen molar-refractivity contribution in [2.24, 2.45) is 17.3 Å². The fourth-order valence-electron chi connectivity index (χ4n) is 8.06. The number of amides is 1. The monoisotopic (exact) mass is 474 g/mol. The van der Waals surface area contributed by atoms with Gasteiger partial charge in [0, 0.05) is 26.2 Å². The summed E-state index contributed by atoms with van der Waals surface area (Å²) in [5.74, 6) is 2.52. The first kappa shape index (κ1) is 23.1. The first-order valence-corrected chi connectivity index (χ1v) is 13.4. The summed E-state index contributed by atoms with van der Waals surface area (Å²) in [5, 5.41) is 3.42. The molecule has 5 nitrogen and oxygen atoms in total. The summed E-state index contributed by atoms with van der Waals surface area (Å²) in [7, 11) is 1.72. The molecular weight excluding hydrogens is 436 g/mol. The second-order valence-corrected chi connectivity index (χ2v) is 11.6. The maximum Gasteiger partial charge on any atom is 0.226 e. The lowest BCUT2D eigenvalue weighted by Gasteiger charge is -2.61. The molecule has 4 bridgehead atoms. The predicted octanol–water partition coefficient (Wildman–Crippen LogP) is 4.68. The lowest BCUT2D eigenvalue weighted by atomic mass is 9.42. The molecule has 4 aliphatic carbocycles. The van der Waals surface area contributed by atoms with Crippen LogP contribution in [-0.4, -0.2) is 44.2 Å². The van der Waals surface area contributed by atoms with Crippen molar-refractivity contribution in [1.29, 1.82) is 0 Å². The summed E-state index contributed by atoms with van der Waals surface area (Å²) in [6, 6.07) is 17.3. The van der Waals surface area contributed by atoms with Crippen LogP contribution in [0.2, 0.25) is 0 Å². The zero-order chi connectivity index (χ0) is 23.9. The van der Waals surface area contributed by atoms with Gasteiger partial charge in [0.05, 0.1) is 25.7 Å². The summed E-state index contributed by atoms with van der Waals surface area (Å²) in [6.45, 7) is 5.09. The summed E-state index contributed by atoms with van der Waals surface area (Å²) in [4.78, 5) is 16.3. The van der Waals surface area contributed by atoms with Crippen LogP contribution in [0.25, 0.3) is 0 Å². The number of rotatable bonds is 7. The third-order valence-corrected chi connectivity index (χ3v) is 9.30. The van der Waals surface area contributed by atoms with Crippen molar-refractivity contribution in [3.8, 4) is 5.75 Å². The summed E-state index contributed by atoms with van der Waals surface area (Å²) >= 11 is 0. The molecule has 7 rings (SSSR count). The van der Waals surface area contributed by atoms with E-state index in [-0.39, 0.29) is 16.7 Å². The normalized spacial score (nSPS) is 31.9. The number of hydrogen-bond acceptors (Lipinski definition) is 4. The summed E-state index contributed by atoms with van der Waals surface area (Å²) < 4.78 is 10.9. The standard InChI is InChI=1S/C30H38N2O3/c1-34-27-8-6-26(7-9-27)29-15-22-14-23(16-29)18-30(17-22,21-29)28(33)31-19-24-4-2-3-5-25(24)20-32-10-12-35-13-11-32/h2-9,22-23H,10-21H2,1H3,(H,31,33)/t22-,23-,29?,30?/m1/s1. The maximum atomic E-state index is 13.9. The van der Waals surface area contributed by atoms with Gasteiger partial charge in [-0.05, 0) is 84.6 Å². The zero-order valence-electron chi connectivity index (χ0n) is 20.9. The van der Waals surface area contributed by atoms with Crippen LogP contribution in [0.15, 0.2) is 48.5 Å². The molecule has 1 saturated heterocycles. The second-order valence-electron chi connectivity index (χ2n) is 11.6. The number of ether oxygens (including phenoxy) is 2. The van der Waals surface area contributed by atoms with Crippen molar-refractivity contribution in [3.05, 3.63) is 65.2 Å². The van der Waals surface area contributed by atoms with E-state index < -0.39 is 0 Å². The molecule has 0 spiro atoms. The van der Waals surface area contributed by atoms with Crippen molar-refractivity contribution in [2.75, 3.05) is 33.4 Å². The lowest BCUT2D eigenvalue weighted by molar-refractivity contribution is -0.149. The van der Waals surface area contributed by atoms with Gasteiger partial charge < -0.3 is 14.8 Å². The largest absolute Gasteiger partial charge is 0.497 e. The van der Waals surface area contributed by atoms with Crippen molar-refractivity contribution in [3.63, 3.8) is 0 Å². The third kappa shape index (κ3) is 4.38. The molecule has 0 radical (unpaired) electrons. The van der Waals surface area contributed by atoms with E-state index >= 15 is 0 Å². The first-order valence-electron chi connectivity index (χ1n) is 13.4. The van der Waals surface area contributed by atoms with E-state index in [1.54, 1.807) is 7.11 Å². The van der Waals surface area contributed by atoms with Crippen LogP contribution >= 0.6 is 0 Å². The summed E-state index contributed by atoms with van der Waals surface area (Å²) in [5.41, 5.74) is 3.88. The highest BCUT2D eigenvalue weighted by Crippen LogP contribution is 2.65. The average molecular weight is 475 g/mol. The van der Waals surface area contributed by atoms with Crippen molar-refractivity contribution < 1.29 is 14.3 Å². The van der Waals surface area contributed by atoms with Gasteiger partial charge in [-0.15, -0.1) is 0 Å². The van der Waals surface area contributed by atoms with Gasteiger partial charge in [0.15, 0.2) is 0 Å². The van der Waals surface area contributed by atoms with Gasteiger partial charge in [0.2, 0.25) is 5.91 Å². The van der Waals surface area contributed by atoms with Crippen LogP contribution in [0.1, 0.15) is 55.2 Å². The Morgan fingerprint density at radius 1 is 1.00 bits per heavy atom. The van der Waals surface area contributed by atoms with Gasteiger partial charge in [0.1, 0.15) is 5.75 Å². The number of hydrogen-bond donors (Lipinski definition) is 1. The minimum atomic E-state index is -0.219. The minimum Gasteiger partial charge on any atom is -0.497 e. The Kier molecular flexibility index (Phi) is 6.10. The fourth-order valence-corrected chi connectivity index (χ4v) is 8.06. The molecule has 5 aliphatic rings. The molecule has 1 aliphatic heterocycles. The van der Waals surface area contributed by atoms with Gasteiger partial charge in [-0.1, -0.05) is 36.4 Å². The van der Waals surface area contributed by atoms with E-state index in [2.05, 4.69) is 58.7 Å². The van der Waals surface area contributed by atoms with Crippen LogP contribution in [-0.2, 0) is 28.0 Å². The molecule has 5 heteroatoms. The molecule has 2 atom stereocenters. The Bertz CT molecular complexity index is 1050. The fraction of sp³-hybridized carbons (Fsp3) is 0.567. The van der Waals surface area contributed by atoms with E-state index in [0.29, 0.717) is 18.4 Å². The number of carbonyl (C=O) groups is 1. The predicted molar refractivity (Wildman–Crippen MR) is 136 cm³/mol. The van der Waals surface area contributed by atoms with E-state index in [4.69, 9.17) is 9.47 Å². The van der Waals surface area contributed by atoms with E-state index in [1.165, 1.54) is 36.0 Å². The molecule has 4 saturated carbocycles. The smallest absolute Gasteiger partial charge is 0.226 e. The molecule has 0 aromatic heterocycles. The number of nitrogens with one attached hydrogen (secondary N) is 1. The highest BCUT2D eigenvalue weighted by Gasteiger charge is 2.60. The Morgan fingerprint density at radius 3 is 2.37 bits per heavy atom. The van der Waals surface area contributed by atoms with Crippen molar-refractivity contribution >= 4 is 5.91 Å². The Morgan fingerprint density at radius 2 is 1.69 bits per heavy atom. The van der Waals surface area contributed by atoms with Crippen LogP contribution < -0.4 is 10.1 Å². The molecule has 2 aromatic rings. The Labute approximate surface area is 209 Å². The van der Waals surface area contributed by atoms with Gasteiger partial charge in [-0.2, -0.15) is 0 Å². The van der Waals surface area contributed by atoms with Gasteiger partial charge >= 0.3 is 0 Å². The Balaban J connectivity index is 1.18. The quantitative estimate of drug-likeness (QED) is 0.633. The zero-order valence-corrected chi connectivity index (χ0v) is 20.9. The van der Waals surface area contributed by atoms with Gasteiger partial charge in [0.25, 0.3) is 0 Å². The molecular formula is C30H38N2O3. The van der Waals surface area contributed by atoms with Crippen LogP contribution in [0, 0.1) is 17.3 Å². The topological polar surface area (TPSA) is 50.8 Å². The average Bonchev–Trinajstić information content (AvgIpc) is 2.88. The van der Waals surface area contributed by atoms with E-state index in [0.717, 1.165) is 57.9 Å². The molecule has 5 fully saturated rings. The highest BCUT2D eigenvalue weighted by molar-refractivity contribution is 5.83. The number of nitrogens with zero attached hydrogens (tertiary/aromatic N) is 1. The van der Waals surface area contributed by atoms with E-state index in [1.807, 2.05) is 0 Å². The molecule has 2 aromatic carbocycles. The SMILES string of the molecule is COc1ccc(C23C[C@H]4C[C@@H](CC(C(=O)NCc5ccccc5CN5CCOCC5)(C4)C2)C3)cc1. The molecule has 186 valence electrons. The van der Waals surface area contributed by atoms with Crippen LogP contribution in [0.5, 0.6) is 5.75 Å². The number of carbonyl (C=O) groups excluding carboxylic acids is 1. The van der Waals surface area contributed by atoms with Crippen LogP contribution in [0.4, 0.5) is 0 Å². The van der Waals surface area contributed by atoms with Crippen LogP contribution in [0.3, 0.4) is 0 Å². The molecule has 35 heavy (non-hydrogen) atoms. The second kappa shape index (κ2) is 9.25. The van der Waals surface area contributed by atoms with Crippen molar-refractivity contribution in [2.45, 2.75) is 57.0 Å². The number of benzene rings is 2. The molecule has 1 N–H and O–H groups in total. The van der Waals surface area contributed by atoms with Gasteiger partial charge in [-0.3, -0.25) is 9.69 Å². The Hall–Kier alpha value is -2.37. The highest BCUT2D eigenvalue weighted by atomic mass is 16.5. The number of methoxy groups -OCH3 is 1. The molecule has 1 amide bonds. The lowest BCUT2D eigenvalue weighted by Crippen LogP contribution is -2.59. The summed E-state index contributed by atoms with van der Waals surface area (Å²) in [6.07, 6.45) is 6.86. The molecule has 0 unspecified atom stereocenters. The van der Waals surface area contributed by atoms with Gasteiger partial charge in [-0.25, -0.2) is 0 Å². The third-order valence-electron chi connectivity index (χ3n) is 9.30. The molecule has 1 heterocycles.